The van der Waals surface area contributed by atoms with Crippen LogP contribution in [0, 0.1) is 0 Å². The molecule has 1 amide bonds. The fourth-order valence-corrected chi connectivity index (χ4v) is 2.11. The first-order valence-corrected chi connectivity index (χ1v) is 5.95. The second kappa shape index (κ2) is 5.18. The Morgan fingerprint density at radius 2 is 2.47 bits per heavy atom. The van der Waals surface area contributed by atoms with Crippen LogP contribution in [-0.4, -0.2) is 28.1 Å². The Morgan fingerprint density at radius 3 is 3.27 bits per heavy atom. The van der Waals surface area contributed by atoms with Crippen molar-refractivity contribution in [1.82, 2.24) is 14.9 Å². The molecule has 0 radical (unpaired) electrons. The van der Waals surface area contributed by atoms with Gasteiger partial charge in [0.25, 0.3) is 0 Å². The molecule has 0 aromatic carbocycles. The molecule has 1 unspecified atom stereocenters. The minimum atomic E-state index is -0.0606. The molecule has 0 spiro atoms. The highest BCUT2D eigenvalue weighted by Gasteiger charge is 2.19. The number of aromatic nitrogens is 2. The number of carbonyl (C=O) groups excluding carboxylic acids is 1. The Bertz CT molecular complexity index is 306. The molecule has 2 rings (SSSR count). The van der Waals surface area contributed by atoms with E-state index in [0.29, 0.717) is 5.00 Å². The molecule has 0 aliphatic carbocycles. The lowest BCUT2D eigenvalue weighted by Crippen LogP contribution is -2.39. The minimum absolute atomic E-state index is 0.0305. The molecule has 15 heavy (non-hydrogen) atoms. The normalized spacial score (nSPS) is 22.0. The summed E-state index contributed by atoms with van der Waals surface area (Å²) in [5.74, 6) is 0.0305. The van der Waals surface area contributed by atoms with Crippen LogP contribution in [0.1, 0.15) is 25.7 Å². The fourth-order valence-electron chi connectivity index (χ4n) is 1.68. The van der Waals surface area contributed by atoms with Crippen LogP contribution in [0.4, 0.5) is 5.00 Å². The van der Waals surface area contributed by atoms with E-state index in [2.05, 4.69) is 20.2 Å². The predicted molar refractivity (Wildman–Crippen MR) is 58.8 cm³/mol. The molecule has 1 aromatic rings. The highest BCUT2D eigenvalue weighted by atomic mass is 32.1. The van der Waals surface area contributed by atoms with Gasteiger partial charge in [-0.25, -0.2) is 0 Å². The number of rotatable bonds is 2. The molecule has 0 bridgehead atoms. The number of hydrogen-bond acceptors (Lipinski definition) is 5. The van der Waals surface area contributed by atoms with Gasteiger partial charge in [-0.05, 0) is 19.4 Å². The molecular formula is C9H14N4OS. The van der Waals surface area contributed by atoms with Gasteiger partial charge in [0, 0.05) is 11.5 Å². The summed E-state index contributed by atoms with van der Waals surface area (Å²) in [6.07, 6.45) is 5.97. The lowest BCUT2D eigenvalue weighted by atomic mass is 10.1. The predicted octanol–water partition coefficient (Wildman–Crippen LogP) is 1.01. The number of anilines is 1. The van der Waals surface area contributed by atoms with Gasteiger partial charge in [0.05, 0.1) is 12.2 Å². The van der Waals surface area contributed by atoms with Gasteiger partial charge in [0.2, 0.25) is 5.91 Å². The molecule has 1 atom stereocenters. The van der Waals surface area contributed by atoms with Crippen molar-refractivity contribution in [2.45, 2.75) is 31.7 Å². The lowest BCUT2D eigenvalue weighted by Gasteiger charge is -2.13. The smallest absolute Gasteiger partial charge is 0.242 e. The summed E-state index contributed by atoms with van der Waals surface area (Å²) in [6, 6.07) is -0.0606. The van der Waals surface area contributed by atoms with Gasteiger partial charge in [-0.1, -0.05) is 17.3 Å². The van der Waals surface area contributed by atoms with Crippen molar-refractivity contribution in [1.29, 1.82) is 0 Å². The van der Waals surface area contributed by atoms with Crippen molar-refractivity contribution in [2.75, 3.05) is 11.9 Å². The van der Waals surface area contributed by atoms with E-state index in [9.17, 15) is 4.79 Å². The van der Waals surface area contributed by atoms with Crippen LogP contribution >= 0.6 is 11.5 Å². The molecule has 2 heterocycles. The van der Waals surface area contributed by atoms with Gasteiger partial charge in [-0.15, -0.1) is 5.10 Å². The molecule has 6 heteroatoms. The topological polar surface area (TPSA) is 66.9 Å². The van der Waals surface area contributed by atoms with E-state index < -0.39 is 0 Å². The Morgan fingerprint density at radius 1 is 1.53 bits per heavy atom. The Kier molecular flexibility index (Phi) is 3.63. The summed E-state index contributed by atoms with van der Waals surface area (Å²) in [4.78, 5) is 11.8. The molecule has 5 nitrogen and oxygen atoms in total. The van der Waals surface area contributed by atoms with Gasteiger partial charge >= 0.3 is 0 Å². The largest absolute Gasteiger partial charge is 0.314 e. The first-order valence-electron chi connectivity index (χ1n) is 5.18. The summed E-state index contributed by atoms with van der Waals surface area (Å²) in [5, 5.41) is 10.4. The maximum absolute atomic E-state index is 11.8. The standard InChI is InChI=1S/C9H14N4OS/c14-9(12-8-6-11-13-15-8)7-4-2-1-3-5-10-7/h6-7,10H,1-5H2,(H,12,14). The van der Waals surface area contributed by atoms with Gasteiger partial charge in [0.1, 0.15) is 5.00 Å². The van der Waals surface area contributed by atoms with Crippen LogP contribution in [0.25, 0.3) is 0 Å². The molecule has 0 saturated carbocycles. The monoisotopic (exact) mass is 226 g/mol. The number of hydrogen-bond donors (Lipinski definition) is 2. The quantitative estimate of drug-likeness (QED) is 0.789. The lowest BCUT2D eigenvalue weighted by molar-refractivity contribution is -0.118. The van der Waals surface area contributed by atoms with Crippen molar-refractivity contribution >= 4 is 22.4 Å². The van der Waals surface area contributed by atoms with Gasteiger partial charge < -0.3 is 10.6 Å². The number of amides is 1. The highest BCUT2D eigenvalue weighted by Crippen LogP contribution is 2.13. The van der Waals surface area contributed by atoms with Crippen molar-refractivity contribution in [3.63, 3.8) is 0 Å². The van der Waals surface area contributed by atoms with E-state index in [1.165, 1.54) is 18.0 Å². The highest BCUT2D eigenvalue weighted by molar-refractivity contribution is 7.10. The van der Waals surface area contributed by atoms with Crippen LogP contribution < -0.4 is 10.6 Å². The van der Waals surface area contributed by atoms with E-state index in [0.717, 1.165) is 25.8 Å². The average molecular weight is 226 g/mol. The number of nitrogens with zero attached hydrogens (tertiary/aromatic N) is 2. The van der Waals surface area contributed by atoms with Crippen molar-refractivity contribution in [3.8, 4) is 0 Å². The van der Waals surface area contributed by atoms with Gasteiger partial charge in [0.15, 0.2) is 0 Å². The Balaban J connectivity index is 1.89. The van der Waals surface area contributed by atoms with Crippen LogP contribution in [0.2, 0.25) is 0 Å². The van der Waals surface area contributed by atoms with Crippen molar-refractivity contribution < 1.29 is 4.79 Å². The third kappa shape index (κ3) is 2.97. The Labute approximate surface area is 92.4 Å². The molecular weight excluding hydrogens is 212 g/mol. The molecule has 1 aliphatic rings. The van der Waals surface area contributed by atoms with Crippen LogP contribution in [0.15, 0.2) is 6.20 Å². The zero-order chi connectivity index (χ0) is 10.5. The van der Waals surface area contributed by atoms with Crippen molar-refractivity contribution in [3.05, 3.63) is 6.20 Å². The second-order valence-electron chi connectivity index (χ2n) is 3.63. The van der Waals surface area contributed by atoms with E-state index in [-0.39, 0.29) is 11.9 Å². The number of carbonyl (C=O) groups is 1. The summed E-state index contributed by atoms with van der Waals surface area (Å²) in [7, 11) is 0. The van der Waals surface area contributed by atoms with E-state index >= 15 is 0 Å². The maximum Gasteiger partial charge on any atom is 0.242 e. The summed E-state index contributed by atoms with van der Waals surface area (Å²) < 4.78 is 3.70. The third-order valence-electron chi connectivity index (χ3n) is 2.48. The molecule has 82 valence electrons. The van der Waals surface area contributed by atoms with Crippen LogP contribution in [0.3, 0.4) is 0 Å². The third-order valence-corrected chi connectivity index (χ3v) is 3.06. The second-order valence-corrected chi connectivity index (χ2v) is 4.41. The first kappa shape index (κ1) is 10.5. The van der Waals surface area contributed by atoms with Crippen molar-refractivity contribution in [2.24, 2.45) is 0 Å². The van der Waals surface area contributed by atoms with E-state index in [4.69, 9.17) is 0 Å². The van der Waals surface area contributed by atoms with E-state index in [1.54, 1.807) is 6.20 Å². The first-order chi connectivity index (χ1) is 7.36. The molecule has 1 aliphatic heterocycles. The zero-order valence-electron chi connectivity index (χ0n) is 8.40. The SMILES string of the molecule is O=C(Nc1cnns1)C1CCCCCN1. The summed E-state index contributed by atoms with van der Waals surface area (Å²) in [6.45, 7) is 0.930. The van der Waals surface area contributed by atoms with Crippen LogP contribution in [-0.2, 0) is 4.79 Å². The molecule has 1 saturated heterocycles. The molecule has 2 N–H and O–H groups in total. The summed E-state index contributed by atoms with van der Waals surface area (Å²) in [5.41, 5.74) is 0. The van der Waals surface area contributed by atoms with Gasteiger partial charge in [-0.3, -0.25) is 4.79 Å². The van der Waals surface area contributed by atoms with E-state index in [1.807, 2.05) is 0 Å². The fraction of sp³-hybridized carbons (Fsp3) is 0.667. The minimum Gasteiger partial charge on any atom is -0.314 e. The number of nitrogens with one attached hydrogen (secondary N) is 2. The molecule has 1 fully saturated rings. The summed E-state index contributed by atoms with van der Waals surface area (Å²) >= 11 is 1.20. The zero-order valence-corrected chi connectivity index (χ0v) is 9.22. The van der Waals surface area contributed by atoms with Crippen LogP contribution in [0.5, 0.6) is 0 Å². The Hall–Kier alpha value is -1.01. The average Bonchev–Trinajstić information content (AvgIpc) is 2.58. The van der Waals surface area contributed by atoms with Gasteiger partial charge in [-0.2, -0.15) is 0 Å². The molecule has 1 aromatic heterocycles. The maximum atomic E-state index is 11.8.